The third-order valence-electron chi connectivity index (χ3n) is 6.69. The number of guanidine groups is 1. The fourth-order valence-electron chi connectivity index (χ4n) is 5.14. The van der Waals surface area contributed by atoms with Gasteiger partial charge < -0.3 is 11.1 Å². The molecule has 0 bridgehead atoms. The van der Waals surface area contributed by atoms with Gasteiger partial charge >= 0.3 is 0 Å². The lowest BCUT2D eigenvalue weighted by Crippen LogP contribution is -2.22. The minimum absolute atomic E-state index is 0.418. The quantitative estimate of drug-likeness (QED) is 0.241. The Morgan fingerprint density at radius 2 is 1.70 bits per heavy atom. The number of nitrogens with two attached hydrogens (primary N) is 1. The molecule has 0 saturated heterocycles. The van der Waals surface area contributed by atoms with Crippen LogP contribution in [0.25, 0.3) is 10.8 Å². The second-order valence-corrected chi connectivity index (χ2v) is 9.01. The number of rotatable bonds is 7. The van der Waals surface area contributed by atoms with E-state index in [1.165, 1.54) is 33.0 Å². The highest BCUT2D eigenvalue weighted by molar-refractivity contribution is 6.02. The summed E-state index contributed by atoms with van der Waals surface area (Å²) in [5.41, 5.74) is 13.8. The van der Waals surface area contributed by atoms with Crippen LogP contribution in [-0.2, 0) is 19.3 Å². The molecular formula is C30H31N3. The van der Waals surface area contributed by atoms with Gasteiger partial charge in [0, 0.05) is 11.1 Å². The number of nitrogens with one attached hydrogen (secondary N) is 1. The summed E-state index contributed by atoms with van der Waals surface area (Å²) in [6.07, 6.45) is 5.58. The maximum atomic E-state index is 6.37. The van der Waals surface area contributed by atoms with Gasteiger partial charge in [0.25, 0.3) is 0 Å². The number of anilines is 1. The number of aliphatic imine (C=N–C) groups is 1. The second-order valence-electron chi connectivity index (χ2n) is 9.01. The molecule has 0 amide bonds. The number of hydrogen-bond acceptors (Lipinski definition) is 1. The lowest BCUT2D eigenvalue weighted by atomic mass is 9.88. The Balaban J connectivity index is 1.38. The summed E-state index contributed by atoms with van der Waals surface area (Å²) in [7, 11) is 0. The van der Waals surface area contributed by atoms with Gasteiger partial charge in [-0.25, -0.2) is 4.99 Å². The molecule has 33 heavy (non-hydrogen) atoms. The van der Waals surface area contributed by atoms with Gasteiger partial charge in [-0.15, -0.1) is 0 Å². The first kappa shape index (κ1) is 21.3. The van der Waals surface area contributed by atoms with E-state index >= 15 is 0 Å². The molecule has 1 aliphatic carbocycles. The van der Waals surface area contributed by atoms with Crippen LogP contribution in [0.5, 0.6) is 0 Å². The summed E-state index contributed by atoms with van der Waals surface area (Å²) in [4.78, 5) is 4.75. The molecule has 0 saturated carbocycles. The van der Waals surface area contributed by atoms with Gasteiger partial charge in [-0.3, -0.25) is 0 Å². The number of benzene rings is 4. The van der Waals surface area contributed by atoms with Crippen LogP contribution < -0.4 is 11.1 Å². The third-order valence-corrected chi connectivity index (χ3v) is 6.69. The molecule has 0 spiro atoms. The van der Waals surface area contributed by atoms with E-state index in [-0.39, 0.29) is 0 Å². The number of nitrogens with zero attached hydrogens (tertiary/aromatic N) is 1. The monoisotopic (exact) mass is 433 g/mol. The van der Waals surface area contributed by atoms with E-state index < -0.39 is 0 Å². The van der Waals surface area contributed by atoms with E-state index in [1.807, 2.05) is 0 Å². The van der Waals surface area contributed by atoms with Crippen molar-refractivity contribution in [2.45, 2.75) is 44.9 Å². The topological polar surface area (TPSA) is 50.4 Å². The van der Waals surface area contributed by atoms with Gasteiger partial charge in [-0.1, -0.05) is 80.1 Å². The molecule has 1 aliphatic rings. The molecule has 3 heteroatoms. The first-order valence-electron chi connectivity index (χ1n) is 12.0. The Kier molecular flexibility index (Phi) is 6.12. The van der Waals surface area contributed by atoms with E-state index in [2.05, 4.69) is 97.2 Å². The summed E-state index contributed by atoms with van der Waals surface area (Å²) >= 11 is 0. The second kappa shape index (κ2) is 9.50. The average Bonchev–Trinajstić information content (AvgIpc) is 3.26. The molecule has 0 radical (unpaired) electrons. The first-order valence-corrected chi connectivity index (χ1v) is 12.0. The fourth-order valence-corrected chi connectivity index (χ4v) is 5.14. The van der Waals surface area contributed by atoms with Gasteiger partial charge in [0.15, 0.2) is 5.96 Å². The zero-order valence-corrected chi connectivity index (χ0v) is 19.2. The molecular weight excluding hydrogens is 402 g/mol. The molecule has 5 rings (SSSR count). The van der Waals surface area contributed by atoms with Crippen LogP contribution in [0.2, 0.25) is 0 Å². The highest BCUT2D eigenvalue weighted by Gasteiger charge is 2.16. The van der Waals surface area contributed by atoms with Crippen molar-refractivity contribution in [3.8, 4) is 0 Å². The lowest BCUT2D eigenvalue weighted by molar-refractivity contribution is 0.610. The number of hydrogen-bond donors (Lipinski definition) is 2. The molecule has 0 heterocycles. The van der Waals surface area contributed by atoms with Crippen molar-refractivity contribution in [1.82, 2.24) is 0 Å². The summed E-state index contributed by atoms with van der Waals surface area (Å²) < 4.78 is 0. The van der Waals surface area contributed by atoms with Gasteiger partial charge in [0.05, 0.1) is 5.69 Å². The zero-order chi connectivity index (χ0) is 22.6. The molecule has 4 aromatic carbocycles. The van der Waals surface area contributed by atoms with Gasteiger partial charge in [-0.2, -0.15) is 0 Å². The predicted octanol–water partition coefficient (Wildman–Crippen LogP) is 7.12. The van der Waals surface area contributed by atoms with Crippen molar-refractivity contribution >= 4 is 28.1 Å². The molecule has 166 valence electrons. The SMILES string of the molecule is CCCC(Cc1ccccc1)c1cccc(NC(N)=Nc2ccc3c4c(cccc24)CC3)c1. The van der Waals surface area contributed by atoms with Crippen LogP contribution in [0.4, 0.5) is 11.4 Å². The normalized spacial score (nSPS) is 13.9. The Labute approximate surface area is 196 Å². The highest BCUT2D eigenvalue weighted by Crippen LogP contribution is 2.36. The molecule has 0 aliphatic heterocycles. The van der Waals surface area contributed by atoms with E-state index in [9.17, 15) is 0 Å². The largest absolute Gasteiger partial charge is 0.369 e. The van der Waals surface area contributed by atoms with Crippen molar-refractivity contribution in [3.63, 3.8) is 0 Å². The molecule has 3 N–H and O–H groups in total. The average molecular weight is 434 g/mol. The minimum Gasteiger partial charge on any atom is -0.369 e. The zero-order valence-electron chi connectivity index (χ0n) is 19.2. The number of aryl methyl sites for hydroxylation is 2. The Morgan fingerprint density at radius 3 is 2.52 bits per heavy atom. The molecule has 4 aromatic rings. The van der Waals surface area contributed by atoms with Gasteiger partial charge in [-0.05, 0) is 77.4 Å². The van der Waals surface area contributed by atoms with E-state index in [4.69, 9.17) is 10.7 Å². The van der Waals surface area contributed by atoms with Crippen molar-refractivity contribution in [3.05, 3.63) is 107 Å². The molecule has 0 aromatic heterocycles. The van der Waals surface area contributed by atoms with Crippen LogP contribution >= 0.6 is 0 Å². The third kappa shape index (κ3) is 4.63. The molecule has 1 unspecified atom stereocenters. The molecule has 0 fully saturated rings. The van der Waals surface area contributed by atoms with Crippen molar-refractivity contribution in [2.24, 2.45) is 10.7 Å². The van der Waals surface area contributed by atoms with Gasteiger partial charge in [0.2, 0.25) is 0 Å². The van der Waals surface area contributed by atoms with Crippen molar-refractivity contribution in [2.75, 3.05) is 5.32 Å². The van der Waals surface area contributed by atoms with Crippen molar-refractivity contribution < 1.29 is 0 Å². The Bertz CT molecular complexity index is 1280. The Morgan fingerprint density at radius 1 is 0.909 bits per heavy atom. The highest BCUT2D eigenvalue weighted by atomic mass is 15.1. The summed E-state index contributed by atoms with van der Waals surface area (Å²) in [5, 5.41) is 5.87. The summed E-state index contributed by atoms with van der Waals surface area (Å²) in [6.45, 7) is 2.25. The molecule has 1 atom stereocenters. The van der Waals surface area contributed by atoms with Crippen LogP contribution in [-0.4, -0.2) is 5.96 Å². The Hall–Kier alpha value is -3.59. The maximum absolute atomic E-state index is 6.37. The van der Waals surface area contributed by atoms with E-state index in [0.29, 0.717) is 11.9 Å². The van der Waals surface area contributed by atoms with E-state index in [0.717, 1.165) is 43.5 Å². The van der Waals surface area contributed by atoms with Crippen LogP contribution in [0.3, 0.4) is 0 Å². The van der Waals surface area contributed by atoms with Crippen LogP contribution in [0.15, 0.2) is 89.9 Å². The minimum atomic E-state index is 0.418. The van der Waals surface area contributed by atoms with Crippen molar-refractivity contribution in [1.29, 1.82) is 0 Å². The summed E-state index contributed by atoms with van der Waals surface area (Å²) in [6, 6.07) is 30.2. The maximum Gasteiger partial charge on any atom is 0.198 e. The van der Waals surface area contributed by atoms with Gasteiger partial charge in [0.1, 0.15) is 0 Å². The fraction of sp³-hybridized carbons (Fsp3) is 0.233. The predicted molar refractivity (Wildman–Crippen MR) is 140 cm³/mol. The van der Waals surface area contributed by atoms with E-state index in [1.54, 1.807) is 0 Å². The molecule has 3 nitrogen and oxygen atoms in total. The lowest BCUT2D eigenvalue weighted by Gasteiger charge is -2.18. The van der Waals surface area contributed by atoms with Crippen LogP contribution in [0, 0.1) is 0 Å². The summed E-state index contributed by atoms with van der Waals surface area (Å²) in [5.74, 6) is 0.898. The smallest absolute Gasteiger partial charge is 0.198 e. The first-order chi connectivity index (χ1) is 16.2. The van der Waals surface area contributed by atoms with Crippen LogP contribution in [0.1, 0.15) is 47.9 Å². The standard InChI is InChI=1S/C30H31N3/c1-2-8-24(19-21-9-4-3-5-10-21)25-12-6-13-26(20-25)32-30(31)33-28-18-17-23-16-15-22-11-7-14-27(28)29(22)23/h3-7,9-14,17-18,20,24H,2,8,15-16,19H2,1H3,(H3,31,32,33).